The molecule has 0 amide bonds. The first-order valence-electron chi connectivity index (χ1n) is 15.6. The summed E-state index contributed by atoms with van der Waals surface area (Å²) in [5, 5.41) is 13.1. The van der Waals surface area contributed by atoms with Crippen LogP contribution >= 0.6 is 0 Å². The molecule has 0 N–H and O–H groups in total. The van der Waals surface area contributed by atoms with Crippen LogP contribution in [0, 0.1) is 0 Å². The van der Waals surface area contributed by atoms with Crippen LogP contribution in [0.25, 0.3) is 65.4 Å². The maximum atomic E-state index is 2.37. The van der Waals surface area contributed by atoms with Crippen molar-refractivity contribution in [3.63, 3.8) is 0 Å². The van der Waals surface area contributed by atoms with Gasteiger partial charge in [-0.15, -0.1) is 0 Å². The highest BCUT2D eigenvalue weighted by molar-refractivity contribution is 6.21. The summed E-state index contributed by atoms with van der Waals surface area (Å²) in [6.07, 6.45) is 2.01. The van der Waals surface area contributed by atoms with E-state index in [0.717, 1.165) is 12.8 Å². The van der Waals surface area contributed by atoms with Crippen molar-refractivity contribution in [3.8, 4) is 11.1 Å². The molecule has 1 aliphatic rings. The summed E-state index contributed by atoms with van der Waals surface area (Å²) in [6, 6.07) is 58.3. The molecule has 0 aliphatic heterocycles. The molecule has 9 rings (SSSR count). The Morgan fingerprint density at radius 3 is 1.52 bits per heavy atom. The van der Waals surface area contributed by atoms with Crippen molar-refractivity contribution < 1.29 is 0 Å². The molecule has 0 saturated heterocycles. The van der Waals surface area contributed by atoms with Crippen LogP contribution in [0.15, 0.2) is 158 Å². The Balaban J connectivity index is 1.39. The zero-order valence-electron chi connectivity index (χ0n) is 24.4. The van der Waals surface area contributed by atoms with Gasteiger partial charge in [-0.25, -0.2) is 0 Å². The Kier molecular flexibility index (Phi) is 5.74. The van der Waals surface area contributed by atoms with Crippen molar-refractivity contribution in [3.05, 3.63) is 179 Å². The molecule has 0 fully saturated rings. The van der Waals surface area contributed by atoms with E-state index in [1.807, 2.05) is 0 Å². The largest absolute Gasteiger partial charge is 0.0616 e. The third-order valence-corrected chi connectivity index (χ3v) is 9.59. The molecular formula is C44H30. The van der Waals surface area contributed by atoms with Crippen LogP contribution in [0.4, 0.5) is 0 Å². The second kappa shape index (κ2) is 10.1. The summed E-state index contributed by atoms with van der Waals surface area (Å²) >= 11 is 0. The van der Waals surface area contributed by atoms with E-state index in [0.29, 0.717) is 0 Å². The molecule has 206 valence electrons. The average Bonchev–Trinajstić information content (AvgIpc) is 3.10. The quantitative estimate of drug-likeness (QED) is 0.189. The molecule has 0 aromatic heterocycles. The number of hydrogen-bond acceptors (Lipinski definition) is 0. The monoisotopic (exact) mass is 558 g/mol. The lowest BCUT2D eigenvalue weighted by molar-refractivity contribution is 1.05. The number of benzene rings is 8. The summed E-state index contributed by atoms with van der Waals surface area (Å²) in [5.41, 5.74) is 8.22. The third-order valence-electron chi connectivity index (χ3n) is 9.59. The Morgan fingerprint density at radius 2 is 0.818 bits per heavy atom. The van der Waals surface area contributed by atoms with Crippen molar-refractivity contribution in [2.24, 2.45) is 0 Å². The van der Waals surface area contributed by atoms with E-state index in [-0.39, 0.29) is 0 Å². The van der Waals surface area contributed by atoms with E-state index in [9.17, 15) is 0 Å². The van der Waals surface area contributed by atoms with Gasteiger partial charge in [-0.2, -0.15) is 0 Å². The first-order chi connectivity index (χ1) is 21.8. The van der Waals surface area contributed by atoms with E-state index in [1.54, 1.807) is 0 Å². The molecular weight excluding hydrogens is 528 g/mol. The molecule has 0 atom stereocenters. The first-order valence-corrected chi connectivity index (χ1v) is 15.6. The number of fused-ring (bicyclic) bond motifs is 5. The zero-order chi connectivity index (χ0) is 29.0. The maximum Gasteiger partial charge on any atom is -0.00201 e. The van der Waals surface area contributed by atoms with Gasteiger partial charge in [-0.3, -0.25) is 0 Å². The Labute approximate surface area is 256 Å². The third kappa shape index (κ3) is 3.85. The van der Waals surface area contributed by atoms with E-state index in [2.05, 4.69) is 158 Å². The fraction of sp³-hybridized carbons (Fsp3) is 0.0455. The smallest absolute Gasteiger partial charge is 0.00201 e. The molecule has 0 heterocycles. The van der Waals surface area contributed by atoms with Crippen molar-refractivity contribution in [1.82, 2.24) is 0 Å². The van der Waals surface area contributed by atoms with Crippen molar-refractivity contribution >= 4 is 54.2 Å². The van der Waals surface area contributed by atoms with Crippen LogP contribution in [-0.2, 0) is 0 Å². The Hall–Kier alpha value is -5.46. The molecule has 8 aromatic rings. The second-order valence-electron chi connectivity index (χ2n) is 11.9. The number of rotatable bonds is 3. The maximum absolute atomic E-state index is 2.37. The average molecular weight is 559 g/mol. The normalized spacial score (nSPS) is 13.2. The van der Waals surface area contributed by atoms with Gasteiger partial charge in [0.25, 0.3) is 0 Å². The van der Waals surface area contributed by atoms with Gasteiger partial charge in [0.2, 0.25) is 0 Å². The van der Waals surface area contributed by atoms with Crippen LogP contribution in [0.1, 0.15) is 24.0 Å². The van der Waals surface area contributed by atoms with Crippen molar-refractivity contribution in [2.75, 3.05) is 0 Å². The van der Waals surface area contributed by atoms with Gasteiger partial charge >= 0.3 is 0 Å². The summed E-state index contributed by atoms with van der Waals surface area (Å²) < 4.78 is 0. The highest BCUT2D eigenvalue weighted by atomic mass is 14.2. The van der Waals surface area contributed by atoms with Crippen molar-refractivity contribution in [1.29, 1.82) is 0 Å². The van der Waals surface area contributed by atoms with Gasteiger partial charge in [0, 0.05) is 0 Å². The summed E-state index contributed by atoms with van der Waals surface area (Å²) in [7, 11) is 0. The van der Waals surface area contributed by atoms with Crippen LogP contribution < -0.4 is 10.4 Å². The second-order valence-corrected chi connectivity index (χ2v) is 11.9. The molecule has 44 heavy (non-hydrogen) atoms. The first kappa shape index (κ1) is 25.1. The molecule has 0 unspecified atom stereocenters. The van der Waals surface area contributed by atoms with Gasteiger partial charge in [0.1, 0.15) is 0 Å². The fourth-order valence-electron chi connectivity index (χ4n) is 7.65. The van der Waals surface area contributed by atoms with E-state index in [4.69, 9.17) is 0 Å². The lowest BCUT2D eigenvalue weighted by Gasteiger charge is -2.23. The SMILES string of the molecule is c1ccc2c(c1)=C(c1ccc3ccccc3c1)CCC=2c1c2ccccc2c(-c2cccc3ccccc23)c2ccccc12. The molecule has 0 radical (unpaired) electrons. The van der Waals surface area contributed by atoms with Crippen molar-refractivity contribution in [2.45, 2.75) is 12.8 Å². The highest BCUT2D eigenvalue weighted by Crippen LogP contribution is 2.44. The molecule has 0 saturated carbocycles. The van der Waals surface area contributed by atoms with Gasteiger partial charge in [-0.1, -0.05) is 152 Å². The molecule has 0 spiro atoms. The van der Waals surface area contributed by atoms with E-state index < -0.39 is 0 Å². The fourth-order valence-corrected chi connectivity index (χ4v) is 7.65. The van der Waals surface area contributed by atoms with Gasteiger partial charge in [0.05, 0.1) is 0 Å². The summed E-state index contributed by atoms with van der Waals surface area (Å²) in [6.45, 7) is 0. The zero-order valence-corrected chi connectivity index (χ0v) is 24.4. The summed E-state index contributed by atoms with van der Waals surface area (Å²) in [5.74, 6) is 0. The predicted octanol–water partition coefficient (Wildman–Crippen LogP) is 10.2. The summed E-state index contributed by atoms with van der Waals surface area (Å²) in [4.78, 5) is 0. The van der Waals surface area contributed by atoms with Crippen LogP contribution in [0.3, 0.4) is 0 Å². The van der Waals surface area contributed by atoms with Gasteiger partial charge in [-0.05, 0) is 106 Å². The lowest BCUT2D eigenvalue weighted by atomic mass is 9.80. The number of hydrogen-bond donors (Lipinski definition) is 0. The predicted molar refractivity (Wildman–Crippen MR) is 188 cm³/mol. The Bertz CT molecular complexity index is 2490. The molecule has 0 bridgehead atoms. The topological polar surface area (TPSA) is 0 Å². The van der Waals surface area contributed by atoms with Crippen LogP contribution in [0.5, 0.6) is 0 Å². The van der Waals surface area contributed by atoms with Gasteiger partial charge < -0.3 is 0 Å². The Morgan fingerprint density at radius 1 is 0.318 bits per heavy atom. The lowest BCUT2D eigenvalue weighted by Crippen LogP contribution is -2.32. The minimum absolute atomic E-state index is 1.00. The molecule has 0 nitrogen and oxygen atoms in total. The minimum Gasteiger partial charge on any atom is -0.0616 e. The van der Waals surface area contributed by atoms with E-state index >= 15 is 0 Å². The molecule has 8 aromatic carbocycles. The molecule has 1 aliphatic carbocycles. The van der Waals surface area contributed by atoms with Crippen LogP contribution in [-0.4, -0.2) is 0 Å². The van der Waals surface area contributed by atoms with Gasteiger partial charge in [0.15, 0.2) is 0 Å². The standard InChI is InChI=1S/C44H30/c1-2-14-31-28-32(25-24-29(31)12-1)34-26-27-42(36-18-6-5-17-35(34)36)44-40-21-9-7-19-38(40)43(39-20-8-10-22-41(39)44)37-23-11-15-30-13-3-4-16-33(30)37/h1-25,28H,26-27H2. The van der Waals surface area contributed by atoms with E-state index in [1.165, 1.54) is 86.9 Å². The minimum atomic E-state index is 1.00. The van der Waals surface area contributed by atoms with Crippen LogP contribution in [0.2, 0.25) is 0 Å². The molecule has 0 heteroatoms. The highest BCUT2D eigenvalue weighted by Gasteiger charge is 2.21.